The van der Waals surface area contributed by atoms with Crippen LogP contribution in [0.3, 0.4) is 0 Å². The van der Waals surface area contributed by atoms with E-state index in [1.807, 2.05) is 0 Å². The second-order valence-electron chi connectivity index (χ2n) is 5.29. The van der Waals surface area contributed by atoms with Gasteiger partial charge in [0.25, 0.3) is 11.8 Å². The number of carbonyl (C=O) groups excluding carboxylic acids is 3. The van der Waals surface area contributed by atoms with Crippen LogP contribution in [0.5, 0.6) is 0 Å². The summed E-state index contributed by atoms with van der Waals surface area (Å²) in [5.74, 6) is -1.92. The van der Waals surface area contributed by atoms with Gasteiger partial charge in [-0.2, -0.15) is 0 Å². The molecule has 7 heteroatoms. The number of nitrogens with one attached hydrogen (secondary N) is 1. The van der Waals surface area contributed by atoms with Crippen molar-refractivity contribution in [2.45, 2.75) is 6.54 Å². The molecule has 0 saturated carbocycles. The Morgan fingerprint density at radius 3 is 2.42 bits per heavy atom. The third-order valence-corrected chi connectivity index (χ3v) is 3.87. The van der Waals surface area contributed by atoms with Crippen molar-refractivity contribution in [2.75, 3.05) is 6.54 Å². The van der Waals surface area contributed by atoms with Crippen molar-refractivity contribution in [2.24, 2.45) is 0 Å². The topological polar surface area (TPSA) is 66.5 Å². The number of hydrogen-bond acceptors (Lipinski definition) is 3. The average molecular weight is 347 g/mol. The molecule has 0 aromatic heterocycles. The SMILES string of the molecule is O=C(CN1C(=O)c2ccc(Cl)cc2C1=O)NCc1ccc(F)cc1. The molecule has 122 valence electrons. The van der Waals surface area contributed by atoms with Crippen LogP contribution in [-0.4, -0.2) is 29.2 Å². The lowest BCUT2D eigenvalue weighted by atomic mass is 10.1. The summed E-state index contributed by atoms with van der Waals surface area (Å²) in [4.78, 5) is 37.3. The first-order valence-electron chi connectivity index (χ1n) is 7.12. The summed E-state index contributed by atoms with van der Waals surface area (Å²) in [5.41, 5.74) is 1.13. The Morgan fingerprint density at radius 1 is 1.04 bits per heavy atom. The first-order chi connectivity index (χ1) is 11.5. The number of carbonyl (C=O) groups is 3. The maximum Gasteiger partial charge on any atom is 0.262 e. The minimum atomic E-state index is -0.547. The first kappa shape index (κ1) is 16.1. The Hall–Kier alpha value is -2.73. The molecular weight excluding hydrogens is 335 g/mol. The van der Waals surface area contributed by atoms with E-state index in [4.69, 9.17) is 11.6 Å². The van der Waals surface area contributed by atoms with Crippen molar-refractivity contribution in [3.63, 3.8) is 0 Å². The highest BCUT2D eigenvalue weighted by Gasteiger charge is 2.36. The molecule has 5 nitrogen and oxygen atoms in total. The van der Waals surface area contributed by atoms with Gasteiger partial charge >= 0.3 is 0 Å². The Balaban J connectivity index is 1.64. The van der Waals surface area contributed by atoms with Crippen molar-refractivity contribution < 1.29 is 18.8 Å². The van der Waals surface area contributed by atoms with Crippen LogP contribution in [0, 0.1) is 5.82 Å². The highest BCUT2D eigenvalue weighted by Crippen LogP contribution is 2.25. The minimum Gasteiger partial charge on any atom is -0.350 e. The average Bonchev–Trinajstić information content (AvgIpc) is 2.79. The molecule has 2 aromatic carbocycles. The van der Waals surface area contributed by atoms with Gasteiger partial charge in [-0.3, -0.25) is 19.3 Å². The second-order valence-corrected chi connectivity index (χ2v) is 5.73. The van der Waals surface area contributed by atoms with Gasteiger partial charge in [0.1, 0.15) is 12.4 Å². The van der Waals surface area contributed by atoms with Gasteiger partial charge in [0.15, 0.2) is 0 Å². The number of amides is 3. The maximum atomic E-state index is 12.8. The molecule has 0 atom stereocenters. The third-order valence-electron chi connectivity index (χ3n) is 3.64. The summed E-state index contributed by atoms with van der Waals surface area (Å²) < 4.78 is 12.8. The molecule has 0 aliphatic carbocycles. The predicted molar refractivity (Wildman–Crippen MR) is 85.1 cm³/mol. The number of fused-ring (bicyclic) bond motifs is 1. The first-order valence-corrected chi connectivity index (χ1v) is 7.50. The van der Waals surface area contributed by atoms with Gasteiger partial charge < -0.3 is 5.32 Å². The Morgan fingerprint density at radius 2 is 1.71 bits per heavy atom. The molecule has 1 aliphatic rings. The molecule has 1 aliphatic heterocycles. The molecule has 3 rings (SSSR count). The number of benzene rings is 2. The number of nitrogens with zero attached hydrogens (tertiary/aromatic N) is 1. The lowest BCUT2D eigenvalue weighted by Crippen LogP contribution is -2.40. The number of halogens is 2. The van der Waals surface area contributed by atoms with E-state index in [0.29, 0.717) is 10.6 Å². The molecular formula is C17H12ClFN2O3. The number of rotatable bonds is 4. The zero-order chi connectivity index (χ0) is 17.3. The fourth-order valence-corrected chi connectivity index (χ4v) is 2.58. The fraction of sp³-hybridized carbons (Fsp3) is 0.118. The monoisotopic (exact) mass is 346 g/mol. The van der Waals surface area contributed by atoms with E-state index in [0.717, 1.165) is 4.90 Å². The van der Waals surface area contributed by atoms with Crippen molar-refractivity contribution in [1.29, 1.82) is 0 Å². The second kappa shape index (κ2) is 6.41. The van der Waals surface area contributed by atoms with Crippen molar-refractivity contribution >= 4 is 29.3 Å². The molecule has 24 heavy (non-hydrogen) atoms. The Bertz CT molecular complexity index is 836. The quantitative estimate of drug-likeness (QED) is 0.864. The van der Waals surface area contributed by atoms with Crippen LogP contribution in [0.25, 0.3) is 0 Å². The molecule has 0 radical (unpaired) electrons. The van der Waals surface area contributed by atoms with E-state index >= 15 is 0 Å². The van der Waals surface area contributed by atoms with Crippen molar-refractivity contribution in [3.05, 3.63) is 70.0 Å². The lowest BCUT2D eigenvalue weighted by molar-refractivity contribution is -0.121. The predicted octanol–water partition coefficient (Wildman–Crippen LogP) is 2.39. The normalized spacial score (nSPS) is 13.2. The Kier molecular flexibility index (Phi) is 4.31. The van der Waals surface area contributed by atoms with E-state index in [9.17, 15) is 18.8 Å². The lowest BCUT2D eigenvalue weighted by Gasteiger charge is -2.13. The fourth-order valence-electron chi connectivity index (χ4n) is 2.41. The van der Waals surface area contributed by atoms with Gasteiger partial charge in [-0.25, -0.2) is 4.39 Å². The summed E-state index contributed by atoms with van der Waals surface area (Å²) in [6.07, 6.45) is 0. The summed E-state index contributed by atoms with van der Waals surface area (Å²) >= 11 is 5.83. The molecule has 0 bridgehead atoms. The molecule has 1 N–H and O–H groups in total. The standard InChI is InChI=1S/C17H12ClFN2O3/c18-11-3-6-13-14(7-11)17(24)21(16(13)23)9-15(22)20-8-10-1-4-12(19)5-2-10/h1-7H,8-9H2,(H,20,22). The van der Waals surface area contributed by atoms with Gasteiger partial charge in [0.05, 0.1) is 11.1 Å². The third kappa shape index (κ3) is 3.14. The van der Waals surface area contributed by atoms with Crippen LogP contribution in [-0.2, 0) is 11.3 Å². The summed E-state index contributed by atoms with van der Waals surface area (Å²) in [6.45, 7) is -0.209. The van der Waals surface area contributed by atoms with E-state index in [1.165, 1.54) is 30.3 Å². The molecule has 3 amide bonds. The van der Waals surface area contributed by atoms with Crippen LogP contribution >= 0.6 is 11.6 Å². The molecule has 1 heterocycles. The highest BCUT2D eigenvalue weighted by molar-refractivity contribution is 6.32. The Labute approximate surface area is 142 Å². The number of imide groups is 1. The van der Waals surface area contributed by atoms with Gasteiger partial charge in [-0.15, -0.1) is 0 Å². The van der Waals surface area contributed by atoms with Crippen LogP contribution < -0.4 is 5.32 Å². The van der Waals surface area contributed by atoms with Gasteiger partial charge in [0, 0.05) is 11.6 Å². The van der Waals surface area contributed by atoms with Crippen LogP contribution in [0.1, 0.15) is 26.3 Å². The number of hydrogen-bond donors (Lipinski definition) is 1. The molecule has 0 unspecified atom stereocenters. The molecule has 0 saturated heterocycles. The van der Waals surface area contributed by atoms with E-state index in [2.05, 4.69) is 5.32 Å². The van der Waals surface area contributed by atoms with Gasteiger partial charge in [-0.1, -0.05) is 23.7 Å². The van der Waals surface area contributed by atoms with E-state index in [1.54, 1.807) is 12.1 Å². The largest absolute Gasteiger partial charge is 0.350 e. The van der Waals surface area contributed by atoms with Crippen molar-refractivity contribution in [3.8, 4) is 0 Å². The highest BCUT2D eigenvalue weighted by atomic mass is 35.5. The van der Waals surface area contributed by atoms with Crippen LogP contribution in [0.4, 0.5) is 4.39 Å². The molecule has 2 aromatic rings. The van der Waals surface area contributed by atoms with Crippen LogP contribution in [0.15, 0.2) is 42.5 Å². The minimum absolute atomic E-state index is 0.175. The zero-order valence-corrected chi connectivity index (χ0v) is 13.1. The molecule has 0 spiro atoms. The smallest absolute Gasteiger partial charge is 0.262 e. The van der Waals surface area contributed by atoms with E-state index in [-0.39, 0.29) is 30.0 Å². The zero-order valence-electron chi connectivity index (χ0n) is 12.4. The molecule has 0 fully saturated rings. The van der Waals surface area contributed by atoms with Crippen molar-refractivity contribution in [1.82, 2.24) is 10.2 Å². The van der Waals surface area contributed by atoms with Gasteiger partial charge in [-0.05, 0) is 35.9 Å². The van der Waals surface area contributed by atoms with E-state index < -0.39 is 17.7 Å². The van der Waals surface area contributed by atoms with Gasteiger partial charge in [0.2, 0.25) is 5.91 Å². The van der Waals surface area contributed by atoms with Crippen LogP contribution in [0.2, 0.25) is 5.02 Å². The summed E-state index contributed by atoms with van der Waals surface area (Å²) in [5, 5.41) is 2.94. The maximum absolute atomic E-state index is 12.8. The summed E-state index contributed by atoms with van der Waals surface area (Å²) in [7, 11) is 0. The summed E-state index contributed by atoms with van der Waals surface area (Å²) in [6, 6.07) is 10.1.